The quantitative estimate of drug-likeness (QED) is 0.583. The molecule has 0 spiro atoms. The molecule has 0 aliphatic heterocycles. The molecule has 2 heteroatoms. The maximum Gasteiger partial charge on any atom is 0.293 e. The minimum Gasteiger partial charge on any atom is -0.463 e. The third kappa shape index (κ3) is 12.7. The molecule has 0 N–H and O–H groups in total. The molecular weight excluding hydrogens is 248 g/mol. The van der Waals surface area contributed by atoms with E-state index in [0.29, 0.717) is 13.1 Å². The molecule has 0 saturated heterocycles. The van der Waals surface area contributed by atoms with Crippen molar-refractivity contribution in [1.29, 1.82) is 0 Å². The van der Waals surface area contributed by atoms with E-state index in [1.807, 2.05) is 44.2 Å². The first-order chi connectivity index (χ1) is 9.83. The number of terminal acetylenes is 1. The molecule has 0 bridgehead atoms. The zero-order chi connectivity index (χ0) is 15.6. The maximum absolute atomic E-state index is 9.76. The van der Waals surface area contributed by atoms with Crippen LogP contribution in [0.15, 0.2) is 30.3 Å². The van der Waals surface area contributed by atoms with E-state index in [0.717, 1.165) is 11.5 Å². The molecule has 0 aromatic heterocycles. The highest BCUT2D eigenvalue weighted by molar-refractivity contribution is 5.37. The molecule has 1 aliphatic rings. The molecule has 0 radical (unpaired) electrons. The summed E-state index contributed by atoms with van der Waals surface area (Å²) >= 11 is 0. The Hall–Kier alpha value is -1.75. The van der Waals surface area contributed by atoms with E-state index in [4.69, 9.17) is 0 Å². The summed E-state index contributed by atoms with van der Waals surface area (Å²) in [5.74, 6) is 1.05. The van der Waals surface area contributed by atoms with Gasteiger partial charge in [-0.2, -0.15) is 0 Å². The highest BCUT2D eigenvalue weighted by atomic mass is 16.5. The van der Waals surface area contributed by atoms with Gasteiger partial charge in [-0.15, -0.1) is 12.8 Å². The highest BCUT2D eigenvalue weighted by Gasteiger charge is 2.07. The van der Waals surface area contributed by atoms with Crippen molar-refractivity contribution in [1.82, 2.24) is 0 Å². The molecule has 0 heterocycles. The predicted octanol–water partition coefficient (Wildman–Crippen LogP) is 4.83. The van der Waals surface area contributed by atoms with E-state index < -0.39 is 0 Å². The van der Waals surface area contributed by atoms with Crippen molar-refractivity contribution in [2.24, 2.45) is 5.92 Å². The second-order valence-corrected chi connectivity index (χ2v) is 4.28. The number of carbonyl (C=O) groups is 1. The maximum atomic E-state index is 9.76. The lowest BCUT2D eigenvalue weighted by Crippen LogP contribution is -1.88. The van der Waals surface area contributed by atoms with Crippen molar-refractivity contribution < 1.29 is 9.53 Å². The molecule has 1 aromatic carbocycles. The number of ether oxygens (including phenoxy) is 1. The highest BCUT2D eigenvalue weighted by Crippen LogP contribution is 2.22. The zero-order valence-corrected chi connectivity index (χ0v) is 13.0. The summed E-state index contributed by atoms with van der Waals surface area (Å²) in [6.07, 6.45) is 13.9. The monoisotopic (exact) mass is 276 g/mol. The van der Waals surface area contributed by atoms with Gasteiger partial charge in [-0.1, -0.05) is 76.8 Å². The van der Waals surface area contributed by atoms with Crippen molar-refractivity contribution in [3.05, 3.63) is 35.9 Å². The largest absolute Gasteiger partial charge is 0.463 e. The summed E-state index contributed by atoms with van der Waals surface area (Å²) < 4.78 is 4.54. The number of carbonyl (C=O) groups excluding carboxylic acids is 1. The summed E-state index contributed by atoms with van der Waals surface area (Å²) in [5, 5.41) is 0. The van der Waals surface area contributed by atoms with Crippen LogP contribution in [0.1, 0.15) is 52.0 Å². The van der Waals surface area contributed by atoms with Gasteiger partial charge in [0.2, 0.25) is 0 Å². The first-order valence-corrected chi connectivity index (χ1v) is 7.25. The third-order valence-corrected chi connectivity index (χ3v) is 2.80. The Morgan fingerprint density at radius 2 is 1.65 bits per heavy atom. The second-order valence-electron chi connectivity index (χ2n) is 4.28. The molecule has 0 atom stereocenters. The first-order valence-electron chi connectivity index (χ1n) is 7.25. The van der Waals surface area contributed by atoms with Crippen LogP contribution in [0.5, 0.6) is 0 Å². The number of hydrogen-bond acceptors (Lipinski definition) is 2. The van der Waals surface area contributed by atoms with Crippen LogP contribution in [0, 0.1) is 18.8 Å². The second kappa shape index (κ2) is 17.2. The molecular formula is C18H28O2. The lowest BCUT2D eigenvalue weighted by molar-refractivity contribution is -0.129. The molecule has 1 aliphatic carbocycles. The summed E-state index contributed by atoms with van der Waals surface area (Å²) in [7, 11) is 0. The Balaban J connectivity index is 0. The van der Waals surface area contributed by atoms with Crippen LogP contribution in [-0.2, 0) is 16.1 Å². The van der Waals surface area contributed by atoms with Crippen molar-refractivity contribution in [3.63, 3.8) is 0 Å². The molecule has 1 aromatic rings. The Labute approximate surface area is 124 Å². The van der Waals surface area contributed by atoms with Crippen LogP contribution in [-0.4, -0.2) is 6.47 Å². The average molecular weight is 276 g/mol. The van der Waals surface area contributed by atoms with E-state index in [1.54, 1.807) is 0 Å². The standard InChI is InChI=1S/C8H8O2.C6H12.C2H6.C2H2/c9-7-10-6-8-4-2-1-3-5-8;1-6-4-2-3-5-6;2*1-2/h1-5,7H,6H2;6H,2-5H2,1H3;1-2H3;1-2H. The van der Waals surface area contributed by atoms with Gasteiger partial charge in [-0.05, 0) is 11.5 Å². The minimum absolute atomic E-state index is 0.365. The molecule has 0 amide bonds. The fourth-order valence-electron chi connectivity index (χ4n) is 1.83. The van der Waals surface area contributed by atoms with E-state index in [-0.39, 0.29) is 0 Å². The van der Waals surface area contributed by atoms with Crippen LogP contribution in [0.3, 0.4) is 0 Å². The van der Waals surface area contributed by atoms with Gasteiger partial charge in [-0.25, -0.2) is 0 Å². The van der Waals surface area contributed by atoms with Gasteiger partial charge in [0.25, 0.3) is 6.47 Å². The minimum atomic E-state index is 0.365. The molecule has 1 fully saturated rings. The lowest BCUT2D eigenvalue weighted by Gasteiger charge is -1.95. The number of benzene rings is 1. The average Bonchev–Trinajstić information content (AvgIpc) is 3.02. The zero-order valence-electron chi connectivity index (χ0n) is 13.0. The van der Waals surface area contributed by atoms with E-state index >= 15 is 0 Å². The Bertz CT molecular complexity index is 311. The topological polar surface area (TPSA) is 26.3 Å². The fourth-order valence-corrected chi connectivity index (χ4v) is 1.83. The van der Waals surface area contributed by atoms with Gasteiger partial charge >= 0.3 is 0 Å². The van der Waals surface area contributed by atoms with E-state index in [2.05, 4.69) is 24.5 Å². The Morgan fingerprint density at radius 3 is 2.00 bits per heavy atom. The molecule has 1 saturated carbocycles. The smallest absolute Gasteiger partial charge is 0.293 e. The van der Waals surface area contributed by atoms with Crippen molar-refractivity contribution in [3.8, 4) is 12.8 Å². The predicted molar refractivity (Wildman–Crippen MR) is 86.2 cm³/mol. The summed E-state index contributed by atoms with van der Waals surface area (Å²) in [4.78, 5) is 9.76. The Kier molecular flexibility index (Phi) is 17.7. The van der Waals surface area contributed by atoms with E-state index in [1.165, 1.54) is 25.7 Å². The van der Waals surface area contributed by atoms with Crippen LogP contribution in [0.4, 0.5) is 0 Å². The van der Waals surface area contributed by atoms with Gasteiger partial charge in [0.1, 0.15) is 6.61 Å². The first kappa shape index (κ1) is 20.6. The number of hydrogen-bond donors (Lipinski definition) is 0. The molecule has 2 rings (SSSR count). The van der Waals surface area contributed by atoms with Gasteiger partial charge in [0.05, 0.1) is 0 Å². The number of rotatable bonds is 3. The summed E-state index contributed by atoms with van der Waals surface area (Å²) in [6.45, 7) is 7.16. The van der Waals surface area contributed by atoms with Crippen LogP contribution in [0.25, 0.3) is 0 Å². The van der Waals surface area contributed by atoms with Crippen molar-refractivity contribution >= 4 is 6.47 Å². The van der Waals surface area contributed by atoms with Crippen LogP contribution < -0.4 is 0 Å². The van der Waals surface area contributed by atoms with Crippen molar-refractivity contribution in [2.45, 2.75) is 53.1 Å². The lowest BCUT2D eigenvalue weighted by atomic mass is 10.2. The molecule has 2 nitrogen and oxygen atoms in total. The summed E-state index contributed by atoms with van der Waals surface area (Å²) in [5.41, 5.74) is 1.01. The van der Waals surface area contributed by atoms with Gasteiger partial charge in [0.15, 0.2) is 0 Å². The molecule has 112 valence electrons. The normalized spacial score (nSPS) is 12.4. The van der Waals surface area contributed by atoms with E-state index in [9.17, 15) is 4.79 Å². The van der Waals surface area contributed by atoms with Gasteiger partial charge in [-0.3, -0.25) is 4.79 Å². The van der Waals surface area contributed by atoms with Crippen LogP contribution in [0.2, 0.25) is 0 Å². The van der Waals surface area contributed by atoms with Gasteiger partial charge < -0.3 is 4.74 Å². The van der Waals surface area contributed by atoms with Crippen LogP contribution >= 0.6 is 0 Å². The van der Waals surface area contributed by atoms with Crippen molar-refractivity contribution in [2.75, 3.05) is 0 Å². The van der Waals surface area contributed by atoms with Gasteiger partial charge in [0, 0.05) is 0 Å². The summed E-state index contributed by atoms with van der Waals surface area (Å²) in [6, 6.07) is 9.55. The fraction of sp³-hybridized carbons (Fsp3) is 0.500. The molecule has 20 heavy (non-hydrogen) atoms. The Morgan fingerprint density at radius 1 is 1.15 bits per heavy atom. The molecule has 0 unspecified atom stereocenters. The SMILES string of the molecule is C#C.CC.CC1CCCC1.O=COCc1ccccc1. The third-order valence-electron chi connectivity index (χ3n) is 2.80.